The van der Waals surface area contributed by atoms with Gasteiger partial charge in [-0.2, -0.15) is 5.26 Å². The smallest absolute Gasteiger partial charge is 0.0655 e. The predicted octanol–water partition coefficient (Wildman–Crippen LogP) is 3.77. The molecule has 1 aromatic rings. The van der Waals surface area contributed by atoms with E-state index >= 15 is 0 Å². The number of hydrogen-bond acceptors (Lipinski definition) is 2. The van der Waals surface area contributed by atoms with Crippen molar-refractivity contribution in [1.29, 1.82) is 5.26 Å². The molecule has 0 amide bonds. The van der Waals surface area contributed by atoms with Crippen molar-refractivity contribution < 1.29 is 0 Å². The van der Waals surface area contributed by atoms with Crippen LogP contribution in [0.15, 0.2) is 24.3 Å². The number of nitrogens with zero attached hydrogens (tertiary/aromatic N) is 2. The molecule has 1 saturated carbocycles. The zero-order valence-corrected chi connectivity index (χ0v) is 11.4. The Balaban J connectivity index is 1.98. The molecule has 2 rings (SSSR count). The highest BCUT2D eigenvalue weighted by Gasteiger charge is 2.23. The van der Waals surface area contributed by atoms with Crippen molar-refractivity contribution in [2.45, 2.75) is 45.1 Å². The van der Waals surface area contributed by atoms with Gasteiger partial charge in [0.15, 0.2) is 0 Å². The number of benzene rings is 1. The molecule has 0 saturated heterocycles. The summed E-state index contributed by atoms with van der Waals surface area (Å²) in [5, 5.41) is 8.93. The van der Waals surface area contributed by atoms with Crippen molar-refractivity contribution in [3.05, 3.63) is 29.8 Å². The van der Waals surface area contributed by atoms with Crippen molar-refractivity contribution in [3.8, 4) is 6.07 Å². The molecule has 1 aliphatic rings. The van der Waals surface area contributed by atoms with Gasteiger partial charge in [-0.15, -0.1) is 0 Å². The normalized spacial score (nSPS) is 23.4. The molecule has 96 valence electrons. The van der Waals surface area contributed by atoms with Crippen molar-refractivity contribution >= 4 is 5.69 Å². The summed E-state index contributed by atoms with van der Waals surface area (Å²) >= 11 is 0. The van der Waals surface area contributed by atoms with Gasteiger partial charge in [-0.3, -0.25) is 0 Å². The van der Waals surface area contributed by atoms with Crippen molar-refractivity contribution in [2.75, 3.05) is 11.9 Å². The standard InChI is InChI=1S/C16H22N2/c1-3-13-4-8-15(9-5-13)18(2)16-10-6-14(12-17)7-11-16/h4-5,8-9,14,16H,3,6-7,10-11H2,1-2H3. The van der Waals surface area contributed by atoms with Crippen LogP contribution in [0.3, 0.4) is 0 Å². The maximum Gasteiger partial charge on any atom is 0.0655 e. The third-order valence-electron chi connectivity index (χ3n) is 4.18. The summed E-state index contributed by atoms with van der Waals surface area (Å²) < 4.78 is 0. The average Bonchev–Trinajstić information content (AvgIpc) is 2.47. The lowest BCUT2D eigenvalue weighted by Crippen LogP contribution is -2.34. The van der Waals surface area contributed by atoms with Crippen LogP contribution >= 0.6 is 0 Å². The highest BCUT2D eigenvalue weighted by molar-refractivity contribution is 5.48. The van der Waals surface area contributed by atoms with E-state index in [0.717, 1.165) is 32.1 Å². The topological polar surface area (TPSA) is 27.0 Å². The summed E-state index contributed by atoms with van der Waals surface area (Å²) in [7, 11) is 2.18. The van der Waals surface area contributed by atoms with Gasteiger partial charge in [0.2, 0.25) is 0 Å². The van der Waals surface area contributed by atoms with Crippen molar-refractivity contribution in [2.24, 2.45) is 5.92 Å². The quantitative estimate of drug-likeness (QED) is 0.806. The van der Waals surface area contributed by atoms with Gasteiger partial charge in [0, 0.05) is 24.7 Å². The molecule has 0 heterocycles. The minimum absolute atomic E-state index is 0.289. The largest absolute Gasteiger partial charge is 0.372 e. The summed E-state index contributed by atoms with van der Waals surface area (Å²) in [6.07, 6.45) is 5.49. The molecule has 0 unspecified atom stereocenters. The van der Waals surface area contributed by atoms with E-state index in [4.69, 9.17) is 5.26 Å². The van der Waals surface area contributed by atoms with Crippen LogP contribution in [0, 0.1) is 17.2 Å². The highest BCUT2D eigenvalue weighted by atomic mass is 15.1. The van der Waals surface area contributed by atoms with Crippen LogP contribution in [0.4, 0.5) is 5.69 Å². The number of nitriles is 1. The van der Waals surface area contributed by atoms with Crippen LogP contribution < -0.4 is 4.90 Å². The van der Waals surface area contributed by atoms with Crippen molar-refractivity contribution in [1.82, 2.24) is 0 Å². The molecule has 0 N–H and O–H groups in total. The molecule has 2 nitrogen and oxygen atoms in total. The Morgan fingerprint density at radius 2 is 1.78 bits per heavy atom. The molecule has 0 radical (unpaired) electrons. The third-order valence-corrected chi connectivity index (χ3v) is 4.18. The molecule has 0 atom stereocenters. The number of rotatable bonds is 3. The van der Waals surface area contributed by atoms with Crippen LogP contribution in [0.5, 0.6) is 0 Å². The van der Waals surface area contributed by atoms with Crippen LogP contribution in [0.25, 0.3) is 0 Å². The average molecular weight is 242 g/mol. The first-order valence-corrected chi connectivity index (χ1v) is 6.96. The van der Waals surface area contributed by atoms with E-state index in [2.05, 4.69) is 49.2 Å². The lowest BCUT2D eigenvalue weighted by molar-refractivity contribution is 0.372. The van der Waals surface area contributed by atoms with E-state index in [9.17, 15) is 0 Å². The zero-order chi connectivity index (χ0) is 13.0. The predicted molar refractivity (Wildman–Crippen MR) is 75.6 cm³/mol. The highest BCUT2D eigenvalue weighted by Crippen LogP contribution is 2.29. The monoisotopic (exact) mass is 242 g/mol. The van der Waals surface area contributed by atoms with Gasteiger partial charge in [0.25, 0.3) is 0 Å². The Bertz CT molecular complexity index is 408. The first-order valence-electron chi connectivity index (χ1n) is 6.96. The Hall–Kier alpha value is -1.49. The molecule has 2 heteroatoms. The van der Waals surface area contributed by atoms with Gasteiger partial charge < -0.3 is 4.90 Å². The third kappa shape index (κ3) is 2.85. The van der Waals surface area contributed by atoms with Gasteiger partial charge in [0.05, 0.1) is 6.07 Å². The van der Waals surface area contributed by atoms with E-state index in [1.807, 2.05) is 0 Å². The fourth-order valence-electron chi connectivity index (χ4n) is 2.77. The molecule has 1 aliphatic carbocycles. The molecule has 1 fully saturated rings. The zero-order valence-electron chi connectivity index (χ0n) is 11.4. The maximum atomic E-state index is 8.93. The summed E-state index contributed by atoms with van der Waals surface area (Å²) in [6.45, 7) is 2.18. The molecule has 0 aliphatic heterocycles. The second kappa shape index (κ2) is 5.91. The van der Waals surface area contributed by atoms with E-state index in [1.165, 1.54) is 11.3 Å². The lowest BCUT2D eigenvalue weighted by atomic mass is 9.86. The van der Waals surface area contributed by atoms with E-state index in [0.29, 0.717) is 6.04 Å². The summed E-state index contributed by atoms with van der Waals surface area (Å²) in [6, 6.07) is 11.9. The van der Waals surface area contributed by atoms with Crippen LogP contribution in [-0.2, 0) is 6.42 Å². The van der Waals surface area contributed by atoms with Crippen molar-refractivity contribution in [3.63, 3.8) is 0 Å². The van der Waals surface area contributed by atoms with Gasteiger partial charge >= 0.3 is 0 Å². The Labute approximate surface area is 110 Å². The van der Waals surface area contributed by atoms with E-state index in [1.54, 1.807) is 0 Å². The molecule has 18 heavy (non-hydrogen) atoms. The van der Waals surface area contributed by atoms with Crippen LogP contribution in [0.1, 0.15) is 38.2 Å². The summed E-state index contributed by atoms with van der Waals surface area (Å²) in [4.78, 5) is 2.38. The van der Waals surface area contributed by atoms with Gasteiger partial charge in [-0.25, -0.2) is 0 Å². The molecule has 0 spiro atoms. The van der Waals surface area contributed by atoms with Crippen LogP contribution in [-0.4, -0.2) is 13.1 Å². The Morgan fingerprint density at radius 3 is 2.28 bits per heavy atom. The Kier molecular flexibility index (Phi) is 4.25. The van der Waals surface area contributed by atoms with Crippen LogP contribution in [0.2, 0.25) is 0 Å². The second-order valence-electron chi connectivity index (χ2n) is 5.27. The fraction of sp³-hybridized carbons (Fsp3) is 0.562. The molecular formula is C16H22N2. The Morgan fingerprint density at radius 1 is 1.17 bits per heavy atom. The molecule has 1 aromatic carbocycles. The minimum atomic E-state index is 0.289. The van der Waals surface area contributed by atoms with Gasteiger partial charge in [0.1, 0.15) is 0 Å². The SMILES string of the molecule is CCc1ccc(N(C)C2CCC(C#N)CC2)cc1. The summed E-state index contributed by atoms with van der Waals surface area (Å²) in [5.74, 6) is 0.289. The molecular weight excluding hydrogens is 220 g/mol. The van der Waals surface area contributed by atoms with E-state index < -0.39 is 0 Å². The van der Waals surface area contributed by atoms with Gasteiger partial charge in [-0.1, -0.05) is 19.1 Å². The molecule has 0 aromatic heterocycles. The fourth-order valence-corrected chi connectivity index (χ4v) is 2.77. The minimum Gasteiger partial charge on any atom is -0.372 e. The number of aryl methyl sites for hydroxylation is 1. The number of hydrogen-bond donors (Lipinski definition) is 0. The molecule has 0 bridgehead atoms. The first-order chi connectivity index (χ1) is 8.74. The maximum absolute atomic E-state index is 8.93. The number of anilines is 1. The lowest BCUT2D eigenvalue weighted by Gasteiger charge is -2.34. The first kappa shape index (κ1) is 13.0. The van der Waals surface area contributed by atoms with E-state index in [-0.39, 0.29) is 5.92 Å². The summed E-state index contributed by atoms with van der Waals surface area (Å²) in [5.41, 5.74) is 2.69. The van der Waals surface area contributed by atoms with Gasteiger partial charge in [-0.05, 0) is 49.8 Å². The second-order valence-corrected chi connectivity index (χ2v) is 5.27.